The molecule has 2 aromatic rings. The van der Waals surface area contributed by atoms with Crippen molar-refractivity contribution in [2.45, 2.75) is 31.3 Å². The van der Waals surface area contributed by atoms with Gasteiger partial charge in [-0.1, -0.05) is 37.7 Å². The summed E-state index contributed by atoms with van der Waals surface area (Å²) in [6, 6.07) is 11.5. The Morgan fingerprint density at radius 3 is 2.73 bits per heavy atom. The summed E-state index contributed by atoms with van der Waals surface area (Å²) >= 11 is 1.44. The van der Waals surface area contributed by atoms with Crippen LogP contribution in [0.25, 0.3) is 0 Å². The molecule has 0 radical (unpaired) electrons. The van der Waals surface area contributed by atoms with Gasteiger partial charge in [-0.25, -0.2) is 4.98 Å². The number of amides is 1. The van der Waals surface area contributed by atoms with Crippen LogP contribution in [0.2, 0.25) is 0 Å². The van der Waals surface area contributed by atoms with Crippen LogP contribution in [0.15, 0.2) is 47.6 Å². The number of aromatic nitrogens is 1. The van der Waals surface area contributed by atoms with E-state index in [-0.39, 0.29) is 17.9 Å². The Morgan fingerprint density at radius 1 is 1.19 bits per heavy atom. The van der Waals surface area contributed by atoms with Gasteiger partial charge in [-0.3, -0.25) is 4.79 Å². The van der Waals surface area contributed by atoms with Crippen molar-refractivity contribution in [2.24, 2.45) is 5.92 Å². The minimum absolute atomic E-state index is 0.00790. The molecule has 0 saturated carbocycles. The zero-order chi connectivity index (χ0) is 18.4. The quantitative estimate of drug-likeness (QED) is 0.781. The summed E-state index contributed by atoms with van der Waals surface area (Å²) in [5, 5.41) is 3.99. The Balaban J connectivity index is 1.67. The number of hydrogen-bond donors (Lipinski definition) is 1. The van der Waals surface area contributed by atoms with E-state index in [4.69, 9.17) is 9.47 Å². The highest BCUT2D eigenvalue weighted by molar-refractivity contribution is 7.99. The van der Waals surface area contributed by atoms with Crippen LogP contribution in [0, 0.1) is 5.92 Å². The number of carbonyl (C=O) groups is 1. The van der Waals surface area contributed by atoms with Crippen LogP contribution in [0.1, 0.15) is 31.9 Å². The molecule has 1 unspecified atom stereocenters. The van der Waals surface area contributed by atoms with E-state index in [0.29, 0.717) is 19.0 Å². The van der Waals surface area contributed by atoms with Gasteiger partial charge in [0, 0.05) is 12.6 Å². The molecule has 0 spiro atoms. The normalized spacial score (nSPS) is 14.6. The summed E-state index contributed by atoms with van der Waals surface area (Å²) in [5.41, 5.74) is 1.03. The molecule has 0 fully saturated rings. The largest absolute Gasteiger partial charge is 0.490 e. The molecule has 2 heterocycles. The zero-order valence-electron chi connectivity index (χ0n) is 15.1. The number of fused-ring (bicyclic) bond motifs is 1. The van der Waals surface area contributed by atoms with Gasteiger partial charge in [0.15, 0.2) is 11.5 Å². The van der Waals surface area contributed by atoms with E-state index < -0.39 is 0 Å². The molecule has 0 saturated heterocycles. The number of thioether (sulfide) groups is 1. The molecule has 0 bridgehead atoms. The molecular weight excluding hydrogens is 348 g/mol. The van der Waals surface area contributed by atoms with E-state index in [1.807, 2.05) is 36.4 Å². The highest BCUT2D eigenvalue weighted by atomic mass is 32.2. The highest BCUT2D eigenvalue weighted by Gasteiger charge is 2.21. The molecule has 6 heteroatoms. The van der Waals surface area contributed by atoms with Gasteiger partial charge >= 0.3 is 0 Å². The minimum Gasteiger partial charge on any atom is -0.490 e. The summed E-state index contributed by atoms with van der Waals surface area (Å²) in [7, 11) is 0. The molecule has 138 valence electrons. The summed E-state index contributed by atoms with van der Waals surface area (Å²) in [4.78, 5) is 16.7. The predicted octanol–water partition coefficient (Wildman–Crippen LogP) is 3.85. The molecule has 0 aliphatic carbocycles. The maximum Gasteiger partial charge on any atom is 0.230 e. The number of ether oxygens (including phenoxy) is 2. The summed E-state index contributed by atoms with van der Waals surface area (Å²) in [6.45, 7) is 5.51. The monoisotopic (exact) mass is 372 g/mol. The maximum absolute atomic E-state index is 12.4. The van der Waals surface area contributed by atoms with Crippen LogP contribution in [-0.4, -0.2) is 29.9 Å². The third-order valence-electron chi connectivity index (χ3n) is 4.10. The second-order valence-electron chi connectivity index (χ2n) is 6.50. The molecule has 1 aromatic carbocycles. The lowest BCUT2D eigenvalue weighted by molar-refractivity contribution is -0.119. The molecule has 1 N–H and O–H groups in total. The van der Waals surface area contributed by atoms with Gasteiger partial charge in [-0.15, -0.1) is 0 Å². The van der Waals surface area contributed by atoms with Gasteiger partial charge in [-0.05, 0) is 35.7 Å². The molecule has 26 heavy (non-hydrogen) atoms. The van der Waals surface area contributed by atoms with Crippen LogP contribution in [-0.2, 0) is 4.79 Å². The Hall–Kier alpha value is -2.21. The Labute approximate surface area is 158 Å². The average Bonchev–Trinajstić information content (AvgIpc) is 2.90. The number of hydrogen-bond acceptors (Lipinski definition) is 5. The Bertz CT molecular complexity index is 737. The SMILES string of the molecule is CC(C)C(NC(=O)CSc1ccccn1)c1ccc2c(c1)OCCCO2. The lowest BCUT2D eigenvalue weighted by Gasteiger charge is -2.24. The van der Waals surface area contributed by atoms with Crippen molar-refractivity contribution >= 4 is 17.7 Å². The van der Waals surface area contributed by atoms with E-state index in [2.05, 4.69) is 24.1 Å². The van der Waals surface area contributed by atoms with Crippen molar-refractivity contribution in [3.05, 3.63) is 48.2 Å². The first-order valence-corrected chi connectivity index (χ1v) is 9.85. The van der Waals surface area contributed by atoms with Crippen LogP contribution in [0.5, 0.6) is 11.5 Å². The van der Waals surface area contributed by atoms with Gasteiger partial charge in [0.1, 0.15) is 0 Å². The van der Waals surface area contributed by atoms with Crippen molar-refractivity contribution in [1.29, 1.82) is 0 Å². The average molecular weight is 372 g/mol. The Kier molecular flexibility index (Phi) is 6.39. The van der Waals surface area contributed by atoms with E-state index in [1.165, 1.54) is 11.8 Å². The van der Waals surface area contributed by atoms with Crippen molar-refractivity contribution in [3.8, 4) is 11.5 Å². The molecular formula is C20H24N2O3S. The van der Waals surface area contributed by atoms with Crippen molar-refractivity contribution in [1.82, 2.24) is 10.3 Å². The Morgan fingerprint density at radius 2 is 2.00 bits per heavy atom. The van der Waals surface area contributed by atoms with Crippen molar-refractivity contribution < 1.29 is 14.3 Å². The first kappa shape index (κ1) is 18.6. The number of nitrogens with one attached hydrogen (secondary N) is 1. The van der Waals surface area contributed by atoms with Crippen LogP contribution < -0.4 is 14.8 Å². The van der Waals surface area contributed by atoms with Gasteiger partial charge in [-0.2, -0.15) is 0 Å². The minimum atomic E-state index is -0.0796. The van der Waals surface area contributed by atoms with Gasteiger partial charge in [0.25, 0.3) is 0 Å². The second-order valence-corrected chi connectivity index (χ2v) is 7.50. The highest BCUT2D eigenvalue weighted by Crippen LogP contribution is 2.34. The van der Waals surface area contributed by atoms with Crippen LogP contribution in [0.4, 0.5) is 0 Å². The van der Waals surface area contributed by atoms with Gasteiger partial charge in [0.2, 0.25) is 5.91 Å². The summed E-state index contributed by atoms with van der Waals surface area (Å²) < 4.78 is 11.5. The maximum atomic E-state index is 12.4. The van der Waals surface area contributed by atoms with Crippen LogP contribution in [0.3, 0.4) is 0 Å². The molecule has 1 aliphatic heterocycles. The molecule has 1 aromatic heterocycles. The smallest absolute Gasteiger partial charge is 0.230 e. The fourth-order valence-corrected chi connectivity index (χ4v) is 3.47. The fourth-order valence-electron chi connectivity index (χ4n) is 2.80. The van der Waals surface area contributed by atoms with E-state index in [1.54, 1.807) is 6.20 Å². The molecule has 1 amide bonds. The van der Waals surface area contributed by atoms with Crippen LogP contribution >= 0.6 is 11.8 Å². The van der Waals surface area contributed by atoms with Crippen molar-refractivity contribution in [2.75, 3.05) is 19.0 Å². The molecule has 1 aliphatic rings. The lowest BCUT2D eigenvalue weighted by atomic mass is 9.95. The van der Waals surface area contributed by atoms with Crippen molar-refractivity contribution in [3.63, 3.8) is 0 Å². The zero-order valence-corrected chi connectivity index (χ0v) is 15.9. The number of pyridine rings is 1. The third-order valence-corrected chi connectivity index (χ3v) is 5.05. The molecule has 3 rings (SSSR count). The van der Waals surface area contributed by atoms with E-state index in [9.17, 15) is 4.79 Å². The first-order chi connectivity index (χ1) is 12.6. The standard InChI is InChI=1S/C20H24N2O3S/c1-14(2)20(22-18(23)13-26-19-6-3-4-9-21-19)15-7-8-16-17(12-15)25-11-5-10-24-16/h3-4,6-9,12,14,20H,5,10-11,13H2,1-2H3,(H,22,23). The number of carbonyl (C=O) groups excluding carboxylic acids is 1. The van der Waals surface area contributed by atoms with Gasteiger partial charge in [0.05, 0.1) is 30.0 Å². The topological polar surface area (TPSA) is 60.5 Å². The number of benzene rings is 1. The fraction of sp³-hybridized carbons (Fsp3) is 0.400. The molecule has 5 nitrogen and oxygen atoms in total. The second kappa shape index (κ2) is 8.94. The predicted molar refractivity (Wildman–Crippen MR) is 103 cm³/mol. The third kappa shape index (κ3) is 4.91. The number of nitrogens with zero attached hydrogens (tertiary/aromatic N) is 1. The first-order valence-electron chi connectivity index (χ1n) is 8.86. The lowest BCUT2D eigenvalue weighted by Crippen LogP contribution is -2.33. The summed E-state index contributed by atoms with van der Waals surface area (Å²) in [6.07, 6.45) is 2.61. The van der Waals surface area contributed by atoms with E-state index in [0.717, 1.165) is 28.5 Å². The number of rotatable bonds is 6. The summed E-state index contributed by atoms with van der Waals surface area (Å²) in [5.74, 6) is 2.11. The van der Waals surface area contributed by atoms with E-state index >= 15 is 0 Å². The molecule has 1 atom stereocenters. The van der Waals surface area contributed by atoms with Gasteiger partial charge < -0.3 is 14.8 Å².